The molecule has 3 rings (SSSR count). The molecule has 0 aliphatic rings. The van der Waals surface area contributed by atoms with E-state index < -0.39 is 0 Å². The molecule has 0 fully saturated rings. The molecular formula is C18H22N2. The predicted octanol–water partition coefficient (Wildman–Crippen LogP) is 4.01. The summed E-state index contributed by atoms with van der Waals surface area (Å²) in [5.74, 6) is 0. The number of nitrogens with zero attached hydrogens (tertiary/aromatic N) is 2. The Morgan fingerprint density at radius 1 is 0.950 bits per heavy atom. The predicted molar refractivity (Wildman–Crippen MR) is 84.5 cm³/mol. The number of para-hydroxylation sites is 2. The van der Waals surface area contributed by atoms with Crippen LogP contribution in [0.2, 0.25) is 0 Å². The summed E-state index contributed by atoms with van der Waals surface area (Å²) in [5, 5.41) is 0. The van der Waals surface area contributed by atoms with Crippen molar-refractivity contribution in [1.29, 1.82) is 0 Å². The Kier molecular flexibility index (Phi) is 4.23. The van der Waals surface area contributed by atoms with E-state index in [4.69, 9.17) is 0 Å². The van der Waals surface area contributed by atoms with Crippen molar-refractivity contribution in [3.8, 4) is 0 Å². The summed E-state index contributed by atoms with van der Waals surface area (Å²) < 4.78 is 4.66. The average molecular weight is 266 g/mol. The summed E-state index contributed by atoms with van der Waals surface area (Å²) in [5.41, 5.74) is 3.92. The summed E-state index contributed by atoms with van der Waals surface area (Å²) in [7, 11) is 0. The van der Waals surface area contributed by atoms with Gasteiger partial charge in [-0.1, -0.05) is 42.5 Å². The van der Waals surface area contributed by atoms with Crippen LogP contribution >= 0.6 is 0 Å². The minimum absolute atomic E-state index is 0. The van der Waals surface area contributed by atoms with E-state index in [0.717, 1.165) is 6.54 Å². The van der Waals surface area contributed by atoms with E-state index in [1.165, 1.54) is 16.6 Å². The van der Waals surface area contributed by atoms with Crippen LogP contribution in [-0.2, 0) is 6.54 Å². The fourth-order valence-corrected chi connectivity index (χ4v) is 2.52. The van der Waals surface area contributed by atoms with Crippen molar-refractivity contribution in [1.82, 2.24) is 4.57 Å². The summed E-state index contributed by atoms with van der Waals surface area (Å²) in [4.78, 5) is 0. The fourth-order valence-electron chi connectivity index (χ4n) is 2.52. The van der Waals surface area contributed by atoms with Crippen LogP contribution in [0.15, 0.2) is 60.9 Å². The topological polar surface area (TPSA) is 8.81 Å². The first-order chi connectivity index (χ1) is 9.25. The van der Waals surface area contributed by atoms with Crippen LogP contribution in [0.5, 0.6) is 0 Å². The van der Waals surface area contributed by atoms with Gasteiger partial charge >= 0.3 is 0 Å². The van der Waals surface area contributed by atoms with Crippen molar-refractivity contribution >= 4 is 11.0 Å². The van der Waals surface area contributed by atoms with Crippen LogP contribution in [0.1, 0.15) is 25.5 Å². The first kappa shape index (κ1) is 14.3. The van der Waals surface area contributed by atoms with Gasteiger partial charge in [0, 0.05) is 0 Å². The summed E-state index contributed by atoms with van der Waals surface area (Å²) in [6, 6.07) is 19.7. The highest BCUT2D eigenvalue weighted by molar-refractivity contribution is 5.71. The van der Waals surface area contributed by atoms with Gasteiger partial charge in [0.25, 0.3) is 0 Å². The van der Waals surface area contributed by atoms with Crippen LogP contribution in [0.4, 0.5) is 0 Å². The zero-order valence-electron chi connectivity index (χ0n) is 12.5. The van der Waals surface area contributed by atoms with Gasteiger partial charge < -0.3 is 7.43 Å². The number of hydrogen-bond acceptors (Lipinski definition) is 0. The van der Waals surface area contributed by atoms with Gasteiger partial charge in [-0.15, -0.1) is 0 Å². The van der Waals surface area contributed by atoms with Gasteiger partial charge in [0.2, 0.25) is 6.33 Å². The second-order valence-electron chi connectivity index (χ2n) is 5.22. The van der Waals surface area contributed by atoms with E-state index in [1.807, 2.05) is 0 Å². The molecule has 0 saturated carbocycles. The molecule has 2 aromatic carbocycles. The molecule has 1 heterocycles. The third-order valence-electron chi connectivity index (χ3n) is 3.49. The van der Waals surface area contributed by atoms with Crippen molar-refractivity contribution in [2.24, 2.45) is 0 Å². The van der Waals surface area contributed by atoms with Crippen LogP contribution in [0, 0.1) is 7.43 Å². The van der Waals surface area contributed by atoms with Gasteiger partial charge in [-0.3, -0.25) is 0 Å². The molecule has 2 heteroatoms. The monoisotopic (exact) mass is 266 g/mol. The lowest BCUT2D eigenvalue weighted by Gasteiger charge is -1.99. The molecule has 0 saturated heterocycles. The molecule has 20 heavy (non-hydrogen) atoms. The molecule has 0 radical (unpaired) electrons. The smallest absolute Gasteiger partial charge is 0.245 e. The molecule has 0 unspecified atom stereocenters. The molecule has 3 aromatic rings. The van der Waals surface area contributed by atoms with E-state index in [9.17, 15) is 0 Å². The van der Waals surface area contributed by atoms with Crippen LogP contribution in [-0.4, -0.2) is 4.57 Å². The molecular weight excluding hydrogens is 244 g/mol. The Hall–Kier alpha value is -2.09. The largest absolute Gasteiger partial charge is 0.358 e. The lowest BCUT2D eigenvalue weighted by molar-refractivity contribution is -0.663. The summed E-state index contributed by atoms with van der Waals surface area (Å²) >= 11 is 0. The molecule has 2 nitrogen and oxygen atoms in total. The molecule has 104 valence electrons. The zero-order chi connectivity index (χ0) is 13.2. The summed E-state index contributed by atoms with van der Waals surface area (Å²) in [6.07, 6.45) is 2.22. The van der Waals surface area contributed by atoms with E-state index in [-0.39, 0.29) is 7.43 Å². The number of benzene rings is 2. The molecule has 0 spiro atoms. The van der Waals surface area contributed by atoms with Gasteiger partial charge in [0.1, 0.15) is 6.54 Å². The van der Waals surface area contributed by atoms with E-state index in [0.29, 0.717) is 6.04 Å². The normalized spacial score (nSPS) is 10.8. The Balaban J connectivity index is 0.00000147. The highest BCUT2D eigenvalue weighted by Crippen LogP contribution is 2.16. The highest BCUT2D eigenvalue weighted by Gasteiger charge is 2.16. The van der Waals surface area contributed by atoms with Crippen LogP contribution < -0.4 is 4.57 Å². The molecule has 1 aromatic heterocycles. The van der Waals surface area contributed by atoms with Gasteiger partial charge in [-0.2, -0.15) is 0 Å². The SMILES string of the molecule is CC(C)n1c[n+](Cc2ccccc2)c2ccccc21.[CH3-]. The van der Waals surface area contributed by atoms with Gasteiger partial charge in [0.05, 0.1) is 6.04 Å². The number of imidazole rings is 1. The maximum atomic E-state index is 2.33. The Labute approximate surface area is 121 Å². The van der Waals surface area contributed by atoms with Crippen molar-refractivity contribution in [2.75, 3.05) is 0 Å². The fraction of sp³-hybridized carbons (Fsp3) is 0.222. The first-order valence-corrected chi connectivity index (χ1v) is 6.78. The quantitative estimate of drug-likeness (QED) is 0.500. The van der Waals surface area contributed by atoms with Gasteiger partial charge in [0.15, 0.2) is 11.0 Å². The number of rotatable bonds is 3. The molecule has 0 atom stereocenters. The van der Waals surface area contributed by atoms with E-state index in [1.54, 1.807) is 0 Å². The minimum Gasteiger partial charge on any atom is -0.358 e. The zero-order valence-corrected chi connectivity index (χ0v) is 12.5. The van der Waals surface area contributed by atoms with E-state index in [2.05, 4.69) is 83.9 Å². The molecule has 0 N–H and O–H groups in total. The summed E-state index contributed by atoms with van der Waals surface area (Å²) in [6.45, 7) is 5.36. The lowest BCUT2D eigenvalue weighted by atomic mass is 10.2. The minimum atomic E-state index is 0. The van der Waals surface area contributed by atoms with E-state index >= 15 is 0 Å². The third kappa shape index (κ3) is 2.60. The van der Waals surface area contributed by atoms with Crippen molar-refractivity contribution in [2.45, 2.75) is 26.4 Å². The van der Waals surface area contributed by atoms with Crippen molar-refractivity contribution in [3.63, 3.8) is 0 Å². The van der Waals surface area contributed by atoms with Crippen molar-refractivity contribution in [3.05, 3.63) is 73.9 Å². The Morgan fingerprint density at radius 2 is 1.60 bits per heavy atom. The Bertz CT molecular complexity index is 681. The first-order valence-electron chi connectivity index (χ1n) is 6.78. The Morgan fingerprint density at radius 3 is 2.30 bits per heavy atom. The highest BCUT2D eigenvalue weighted by atomic mass is 15.1. The number of hydrogen-bond donors (Lipinski definition) is 0. The standard InChI is InChI=1S/C17H19N2.CH3/c1-14(2)19-13-18(12-15-8-4-3-5-9-15)16-10-6-7-11-17(16)19;/h3-11,13-14H,12H2,1-2H3;1H3/q+1;-1. The third-order valence-corrected chi connectivity index (χ3v) is 3.49. The molecule has 0 aliphatic heterocycles. The number of fused-ring (bicyclic) bond motifs is 1. The maximum absolute atomic E-state index is 2.33. The number of aromatic nitrogens is 2. The maximum Gasteiger partial charge on any atom is 0.245 e. The second-order valence-corrected chi connectivity index (χ2v) is 5.22. The molecule has 0 amide bonds. The lowest BCUT2D eigenvalue weighted by Crippen LogP contribution is -2.32. The van der Waals surface area contributed by atoms with Crippen LogP contribution in [0.25, 0.3) is 11.0 Å². The van der Waals surface area contributed by atoms with Gasteiger partial charge in [-0.25, -0.2) is 9.13 Å². The molecule has 0 bridgehead atoms. The molecule has 0 aliphatic carbocycles. The van der Waals surface area contributed by atoms with Gasteiger partial charge in [-0.05, 0) is 31.5 Å². The second kappa shape index (κ2) is 5.91. The van der Waals surface area contributed by atoms with Crippen molar-refractivity contribution < 1.29 is 4.57 Å². The average Bonchev–Trinajstić information content (AvgIpc) is 2.79. The van der Waals surface area contributed by atoms with Crippen LogP contribution in [0.3, 0.4) is 0 Å².